The minimum atomic E-state index is -4.02. The lowest BCUT2D eigenvalue weighted by Crippen LogP contribution is -2.34. The molecule has 0 aliphatic heterocycles. The highest BCUT2D eigenvalue weighted by Gasteiger charge is 2.18. The van der Waals surface area contributed by atoms with Gasteiger partial charge in [0.1, 0.15) is 4.70 Å². The second-order valence-electron chi connectivity index (χ2n) is 10.1. The molecular weight excluding hydrogens is 531 g/mol. The van der Waals surface area contributed by atoms with E-state index in [9.17, 15) is 8.42 Å². The van der Waals surface area contributed by atoms with Crippen molar-refractivity contribution < 1.29 is 17.5 Å². The van der Waals surface area contributed by atoms with E-state index in [1.165, 1.54) is 123 Å². The molecule has 3 aromatic rings. The van der Waals surface area contributed by atoms with Crippen molar-refractivity contribution in [3.63, 3.8) is 0 Å². The first kappa shape index (κ1) is 32.8. The van der Waals surface area contributed by atoms with E-state index in [0.29, 0.717) is 0 Å². The monoisotopic (exact) mass is 578 g/mol. The van der Waals surface area contributed by atoms with E-state index in [1.54, 1.807) is 12.1 Å². The summed E-state index contributed by atoms with van der Waals surface area (Å²) in [6, 6.07) is 14.8. The van der Waals surface area contributed by atoms with Crippen LogP contribution in [0.4, 0.5) is 0 Å². The molecule has 2 aromatic carbocycles. The van der Waals surface area contributed by atoms with E-state index in [4.69, 9.17) is 4.55 Å². The summed E-state index contributed by atoms with van der Waals surface area (Å²) in [5.41, 5.74) is 2.37. The van der Waals surface area contributed by atoms with Gasteiger partial charge in [0, 0.05) is 12.5 Å². The number of aromatic nitrogens is 1. The molecule has 0 aliphatic carbocycles. The van der Waals surface area contributed by atoms with Crippen LogP contribution in [0.1, 0.15) is 102 Å². The highest BCUT2D eigenvalue weighted by Crippen LogP contribution is 2.26. The number of aryl methyl sites for hydroxylation is 2. The molecule has 38 heavy (non-hydrogen) atoms. The number of hydrogen-bond acceptors (Lipinski definition) is 4. The molecule has 0 bridgehead atoms. The Morgan fingerprint density at radius 1 is 0.763 bits per heavy atom. The maximum Gasteiger partial charge on any atom is 0.298 e. The Morgan fingerprint density at radius 2 is 1.26 bits per heavy atom. The van der Waals surface area contributed by atoms with Crippen molar-refractivity contribution in [3.8, 4) is 0 Å². The summed E-state index contributed by atoms with van der Waals surface area (Å²) in [5.74, 6) is 0. The first-order valence-corrected chi connectivity index (χ1v) is 17.8. The fourth-order valence-corrected chi connectivity index (χ4v) is 6.96. The highest BCUT2D eigenvalue weighted by molar-refractivity contribution is 8.00. The van der Waals surface area contributed by atoms with E-state index in [2.05, 4.69) is 42.0 Å². The number of nitrogens with zero attached hydrogens (tertiary/aromatic N) is 1. The summed E-state index contributed by atoms with van der Waals surface area (Å²) in [6.07, 6.45) is 22.2. The molecule has 212 valence electrons. The third-order valence-electron chi connectivity index (χ3n) is 6.80. The molecule has 0 atom stereocenters. The Kier molecular flexibility index (Phi) is 16.2. The minimum absolute atomic E-state index is 0.0666. The third kappa shape index (κ3) is 12.6. The topological polar surface area (TPSA) is 58.2 Å². The summed E-state index contributed by atoms with van der Waals surface area (Å²) in [7, 11) is -4.02. The van der Waals surface area contributed by atoms with Gasteiger partial charge in [0.05, 0.1) is 4.90 Å². The molecule has 0 aliphatic rings. The largest absolute Gasteiger partial charge is 0.298 e. The molecule has 3 rings (SSSR count). The van der Waals surface area contributed by atoms with Crippen molar-refractivity contribution in [1.82, 2.24) is 0 Å². The van der Waals surface area contributed by atoms with E-state index in [1.807, 2.05) is 30.0 Å². The number of thiazole rings is 1. The second kappa shape index (κ2) is 18.8. The van der Waals surface area contributed by atoms with Crippen LogP contribution in [0.5, 0.6) is 0 Å². The van der Waals surface area contributed by atoms with Gasteiger partial charge in [0.25, 0.3) is 14.5 Å². The second-order valence-corrected chi connectivity index (χ2v) is 13.6. The van der Waals surface area contributed by atoms with Crippen molar-refractivity contribution >= 4 is 43.4 Å². The van der Waals surface area contributed by atoms with Crippen LogP contribution in [0.2, 0.25) is 0 Å². The molecule has 0 saturated heterocycles. The zero-order valence-electron chi connectivity index (χ0n) is 23.7. The van der Waals surface area contributed by atoms with Crippen molar-refractivity contribution in [2.75, 3.05) is 6.26 Å². The molecule has 4 nitrogen and oxygen atoms in total. The van der Waals surface area contributed by atoms with E-state index < -0.39 is 10.1 Å². The fraction of sp³-hybridized carbons (Fsp3) is 0.581. The summed E-state index contributed by atoms with van der Waals surface area (Å²) >= 11 is 3.83. The number of hydrogen-bond donors (Lipinski definition) is 1. The van der Waals surface area contributed by atoms with Crippen LogP contribution in [0.3, 0.4) is 0 Å². The van der Waals surface area contributed by atoms with Crippen LogP contribution in [0.15, 0.2) is 57.8 Å². The van der Waals surface area contributed by atoms with Gasteiger partial charge in [0.15, 0.2) is 6.54 Å². The Morgan fingerprint density at radius 3 is 1.76 bits per heavy atom. The van der Waals surface area contributed by atoms with Gasteiger partial charge in [-0.1, -0.05) is 125 Å². The fourth-order valence-electron chi connectivity index (χ4n) is 4.55. The van der Waals surface area contributed by atoms with Crippen LogP contribution < -0.4 is 4.57 Å². The normalized spacial score (nSPS) is 11.5. The molecule has 0 spiro atoms. The average molecular weight is 579 g/mol. The molecule has 7 heteroatoms. The smallest absolute Gasteiger partial charge is 0.282 e. The van der Waals surface area contributed by atoms with Crippen LogP contribution in [-0.2, 0) is 16.7 Å². The van der Waals surface area contributed by atoms with E-state index in [0.717, 1.165) is 5.56 Å². The van der Waals surface area contributed by atoms with Gasteiger partial charge in [-0.2, -0.15) is 13.0 Å². The molecule has 0 fully saturated rings. The molecule has 1 heterocycles. The molecular formula is C31H48NO3S3+. The Balaban J connectivity index is 0.000000384. The van der Waals surface area contributed by atoms with Crippen LogP contribution in [-0.4, -0.2) is 19.2 Å². The van der Waals surface area contributed by atoms with Gasteiger partial charge in [-0.25, -0.2) is 0 Å². The molecule has 1 N–H and O–H groups in total. The maximum absolute atomic E-state index is 10.5. The predicted octanol–water partition coefficient (Wildman–Crippen LogP) is 9.63. The lowest BCUT2D eigenvalue weighted by atomic mass is 10.0. The molecule has 0 unspecified atom stereocenters. The van der Waals surface area contributed by atoms with Crippen LogP contribution >= 0.6 is 23.1 Å². The third-order valence-corrected chi connectivity index (χ3v) is 9.95. The Labute approximate surface area is 240 Å². The van der Waals surface area contributed by atoms with Gasteiger partial charge in [0.2, 0.25) is 5.52 Å². The number of unbranched alkanes of at least 4 members (excludes halogenated alkanes) is 13. The van der Waals surface area contributed by atoms with Crippen molar-refractivity contribution in [1.29, 1.82) is 0 Å². The zero-order valence-corrected chi connectivity index (χ0v) is 26.1. The molecule has 0 saturated carbocycles. The van der Waals surface area contributed by atoms with Gasteiger partial charge in [-0.15, -0.1) is 0 Å². The number of fused-ring (bicyclic) bond motifs is 1. The number of para-hydroxylation sites is 1. The van der Waals surface area contributed by atoms with E-state index >= 15 is 0 Å². The SMILES string of the molecule is CCCCCCCCCCCCCCCC[n+]1c(SC)sc2ccccc21.Cc1ccc(S(=O)(=O)O)cc1. The maximum atomic E-state index is 10.5. The number of rotatable bonds is 17. The van der Waals surface area contributed by atoms with Crippen molar-refractivity contribution in [2.45, 2.75) is 120 Å². The van der Waals surface area contributed by atoms with E-state index in [-0.39, 0.29) is 4.90 Å². The summed E-state index contributed by atoms with van der Waals surface area (Å²) in [5, 5.41) is 0. The summed E-state index contributed by atoms with van der Waals surface area (Å²) < 4.78 is 35.0. The molecule has 0 radical (unpaired) electrons. The lowest BCUT2D eigenvalue weighted by molar-refractivity contribution is -0.702. The summed E-state index contributed by atoms with van der Waals surface area (Å²) in [4.78, 5) is -0.0666. The molecule has 1 aromatic heterocycles. The number of thioether (sulfide) groups is 1. The first-order valence-electron chi connectivity index (χ1n) is 14.4. The minimum Gasteiger partial charge on any atom is -0.282 e. The zero-order chi connectivity index (χ0) is 27.6. The van der Waals surface area contributed by atoms with Crippen molar-refractivity contribution in [2.24, 2.45) is 0 Å². The Hall–Kier alpha value is -1.41. The number of benzene rings is 2. The van der Waals surface area contributed by atoms with Gasteiger partial charge in [-0.3, -0.25) is 4.55 Å². The highest BCUT2D eigenvalue weighted by atomic mass is 32.2. The standard InChI is InChI=1S/C24H40NS2.C7H8O3S/c1-3-4-5-6-7-8-9-10-11-12-13-14-15-18-21-25-22-19-16-17-20-23(22)27-24(25)26-2;1-6-2-4-7(5-3-6)11(8,9)10/h16-17,19-20H,3-15,18,21H2,1-2H3;2-5H,1H3,(H,8,9,10)/q+1;. The summed E-state index contributed by atoms with van der Waals surface area (Å²) in [6.45, 7) is 5.32. The lowest BCUT2D eigenvalue weighted by Gasteiger charge is -2.03. The average Bonchev–Trinajstić information content (AvgIpc) is 3.26. The van der Waals surface area contributed by atoms with Gasteiger partial charge >= 0.3 is 0 Å². The quantitative estimate of drug-likeness (QED) is 0.0750. The van der Waals surface area contributed by atoms with Crippen LogP contribution in [0, 0.1) is 6.92 Å². The van der Waals surface area contributed by atoms with Crippen molar-refractivity contribution in [3.05, 3.63) is 54.1 Å². The van der Waals surface area contributed by atoms with Gasteiger partial charge < -0.3 is 0 Å². The molecule has 0 amide bonds. The van der Waals surface area contributed by atoms with Gasteiger partial charge in [-0.05, 0) is 49.6 Å². The first-order chi connectivity index (χ1) is 18.4. The Bertz CT molecular complexity index is 1140. The van der Waals surface area contributed by atoms with Crippen LogP contribution in [0.25, 0.3) is 10.2 Å². The predicted molar refractivity (Wildman–Crippen MR) is 165 cm³/mol.